The number of hydrogen-bond donors (Lipinski definition) is 1. The van der Waals surface area contributed by atoms with Crippen molar-refractivity contribution >= 4 is 11.6 Å². The molecule has 0 fully saturated rings. The minimum absolute atomic E-state index is 0.116. The summed E-state index contributed by atoms with van der Waals surface area (Å²) in [7, 11) is 0. The van der Waals surface area contributed by atoms with Crippen molar-refractivity contribution in [3.05, 3.63) is 41.5 Å². The first-order valence-corrected chi connectivity index (χ1v) is 5.29. The molecule has 0 unspecified atom stereocenters. The van der Waals surface area contributed by atoms with Crippen LogP contribution < -0.4 is 5.32 Å². The Morgan fingerprint density at radius 3 is 2.88 bits per heavy atom. The quantitative estimate of drug-likeness (QED) is 0.875. The third-order valence-electron chi connectivity index (χ3n) is 2.19. The smallest absolute Gasteiger partial charge is 0.232 e. The van der Waals surface area contributed by atoms with E-state index in [0.29, 0.717) is 11.7 Å². The highest BCUT2D eigenvalue weighted by Crippen LogP contribution is 2.09. The van der Waals surface area contributed by atoms with Crippen LogP contribution in [0.3, 0.4) is 0 Å². The largest absolute Gasteiger partial charge is 0.340 e. The maximum absolute atomic E-state index is 11.7. The van der Waals surface area contributed by atoms with Gasteiger partial charge in [0.1, 0.15) is 0 Å². The number of aromatic nitrogens is 2. The summed E-state index contributed by atoms with van der Waals surface area (Å²) in [5.41, 5.74) is 1.87. The summed E-state index contributed by atoms with van der Waals surface area (Å²) in [5.74, 6) is 0.701. The monoisotopic (exact) mass is 231 g/mol. The number of carbonyl (C=O) groups excluding carboxylic acids is 1. The predicted molar refractivity (Wildman–Crippen MR) is 62.5 cm³/mol. The van der Waals surface area contributed by atoms with Crippen LogP contribution in [0.2, 0.25) is 0 Å². The highest BCUT2D eigenvalue weighted by Gasteiger charge is 2.09. The summed E-state index contributed by atoms with van der Waals surface area (Å²) < 4.78 is 4.79. The van der Waals surface area contributed by atoms with E-state index in [4.69, 9.17) is 4.52 Å². The highest BCUT2D eigenvalue weighted by atomic mass is 16.5. The second-order valence-electron chi connectivity index (χ2n) is 3.82. The normalized spacial score (nSPS) is 10.2. The first kappa shape index (κ1) is 11.3. The molecule has 0 aliphatic carbocycles. The molecule has 0 aliphatic rings. The first-order valence-electron chi connectivity index (χ1n) is 5.29. The molecule has 5 nitrogen and oxygen atoms in total. The Morgan fingerprint density at radius 2 is 2.24 bits per heavy atom. The zero-order valence-corrected chi connectivity index (χ0v) is 9.73. The topological polar surface area (TPSA) is 68.0 Å². The number of benzene rings is 1. The molecule has 0 saturated heterocycles. The molecule has 88 valence electrons. The molecular formula is C12H13N3O2. The molecule has 0 atom stereocenters. The number of aryl methyl sites for hydroxylation is 2. The van der Waals surface area contributed by atoms with E-state index in [1.165, 1.54) is 0 Å². The van der Waals surface area contributed by atoms with E-state index in [1.54, 1.807) is 6.92 Å². The Labute approximate surface area is 98.8 Å². The minimum Gasteiger partial charge on any atom is -0.340 e. The van der Waals surface area contributed by atoms with Crippen LogP contribution in [0.4, 0.5) is 5.69 Å². The van der Waals surface area contributed by atoms with Gasteiger partial charge >= 0.3 is 0 Å². The molecule has 0 aliphatic heterocycles. The summed E-state index contributed by atoms with van der Waals surface area (Å²) >= 11 is 0. The van der Waals surface area contributed by atoms with Crippen LogP contribution in [0.1, 0.15) is 17.3 Å². The van der Waals surface area contributed by atoms with Gasteiger partial charge in [-0.25, -0.2) is 0 Å². The van der Waals surface area contributed by atoms with Crippen LogP contribution in [0.15, 0.2) is 28.8 Å². The van der Waals surface area contributed by atoms with Gasteiger partial charge in [0.25, 0.3) is 0 Å². The second-order valence-corrected chi connectivity index (χ2v) is 3.82. The van der Waals surface area contributed by atoms with Gasteiger partial charge in [-0.05, 0) is 24.6 Å². The molecule has 1 N–H and O–H groups in total. The van der Waals surface area contributed by atoms with Crippen molar-refractivity contribution in [2.75, 3.05) is 5.32 Å². The lowest BCUT2D eigenvalue weighted by molar-refractivity contribution is -0.115. The van der Waals surface area contributed by atoms with Crippen molar-refractivity contribution in [2.45, 2.75) is 20.3 Å². The number of nitrogens with zero attached hydrogens (tertiary/aromatic N) is 2. The summed E-state index contributed by atoms with van der Waals surface area (Å²) in [6.07, 6.45) is 0.116. The number of carbonyl (C=O) groups is 1. The number of nitrogens with one attached hydrogen (secondary N) is 1. The molecule has 1 amide bonds. The number of amides is 1. The fourth-order valence-electron chi connectivity index (χ4n) is 1.48. The highest BCUT2D eigenvalue weighted by molar-refractivity contribution is 5.91. The van der Waals surface area contributed by atoms with Gasteiger partial charge in [-0.15, -0.1) is 0 Å². The predicted octanol–water partition coefficient (Wildman–Crippen LogP) is 1.87. The van der Waals surface area contributed by atoms with Crippen LogP contribution in [0.25, 0.3) is 0 Å². The van der Waals surface area contributed by atoms with Crippen molar-refractivity contribution in [2.24, 2.45) is 0 Å². The fourth-order valence-corrected chi connectivity index (χ4v) is 1.48. The SMILES string of the molecule is Cc1cccc(NC(=O)Cc2noc(C)n2)c1. The molecule has 0 radical (unpaired) electrons. The Kier molecular flexibility index (Phi) is 3.18. The van der Waals surface area contributed by atoms with Crippen LogP contribution in [0, 0.1) is 13.8 Å². The van der Waals surface area contributed by atoms with E-state index in [-0.39, 0.29) is 12.3 Å². The van der Waals surface area contributed by atoms with Crippen molar-refractivity contribution in [3.8, 4) is 0 Å². The molecule has 1 heterocycles. The van der Waals surface area contributed by atoms with Crippen molar-refractivity contribution in [3.63, 3.8) is 0 Å². The Balaban J connectivity index is 1.98. The molecule has 2 rings (SSSR count). The maximum Gasteiger partial charge on any atom is 0.232 e. The standard InChI is InChI=1S/C12H13N3O2/c1-8-4-3-5-10(6-8)14-12(16)7-11-13-9(2)17-15-11/h3-6H,7H2,1-2H3,(H,14,16). The third kappa shape index (κ3) is 3.14. The lowest BCUT2D eigenvalue weighted by atomic mass is 10.2. The van der Waals surface area contributed by atoms with Crippen LogP contribution in [0.5, 0.6) is 0 Å². The van der Waals surface area contributed by atoms with Crippen molar-refractivity contribution < 1.29 is 9.32 Å². The molecule has 0 bridgehead atoms. The Hall–Kier alpha value is -2.17. The maximum atomic E-state index is 11.7. The second kappa shape index (κ2) is 4.78. The summed E-state index contributed by atoms with van der Waals surface area (Å²) in [5, 5.41) is 6.45. The van der Waals surface area contributed by atoms with E-state index in [0.717, 1.165) is 11.3 Å². The van der Waals surface area contributed by atoms with Gasteiger partial charge in [-0.1, -0.05) is 17.3 Å². The number of anilines is 1. The summed E-state index contributed by atoms with van der Waals surface area (Å²) in [6, 6.07) is 7.60. The van der Waals surface area contributed by atoms with Gasteiger partial charge in [-0.3, -0.25) is 4.79 Å². The molecule has 1 aromatic carbocycles. The molecule has 17 heavy (non-hydrogen) atoms. The van der Waals surface area contributed by atoms with Crippen LogP contribution >= 0.6 is 0 Å². The number of rotatable bonds is 3. The lowest BCUT2D eigenvalue weighted by Gasteiger charge is -2.03. The Morgan fingerprint density at radius 1 is 1.41 bits per heavy atom. The minimum atomic E-state index is -0.156. The zero-order valence-electron chi connectivity index (χ0n) is 9.73. The van der Waals surface area contributed by atoms with Crippen molar-refractivity contribution in [1.29, 1.82) is 0 Å². The van der Waals surface area contributed by atoms with Crippen LogP contribution in [-0.2, 0) is 11.2 Å². The fraction of sp³-hybridized carbons (Fsp3) is 0.250. The van der Waals surface area contributed by atoms with E-state index in [2.05, 4.69) is 15.5 Å². The third-order valence-corrected chi connectivity index (χ3v) is 2.19. The van der Waals surface area contributed by atoms with Gasteiger partial charge in [-0.2, -0.15) is 4.98 Å². The molecular weight excluding hydrogens is 218 g/mol. The lowest BCUT2D eigenvalue weighted by Crippen LogP contribution is -2.15. The van der Waals surface area contributed by atoms with Gasteiger partial charge in [0.15, 0.2) is 5.82 Å². The molecule has 0 spiro atoms. The van der Waals surface area contributed by atoms with E-state index >= 15 is 0 Å². The van der Waals surface area contributed by atoms with Crippen molar-refractivity contribution in [1.82, 2.24) is 10.1 Å². The van der Waals surface area contributed by atoms with Gasteiger partial charge in [0, 0.05) is 12.6 Å². The van der Waals surface area contributed by atoms with E-state index in [1.807, 2.05) is 31.2 Å². The zero-order chi connectivity index (χ0) is 12.3. The summed E-state index contributed by atoms with van der Waals surface area (Å²) in [6.45, 7) is 3.66. The van der Waals surface area contributed by atoms with E-state index in [9.17, 15) is 4.79 Å². The average Bonchev–Trinajstić information content (AvgIpc) is 2.63. The molecule has 1 aromatic heterocycles. The Bertz CT molecular complexity index is 534. The average molecular weight is 231 g/mol. The van der Waals surface area contributed by atoms with Gasteiger partial charge < -0.3 is 9.84 Å². The molecule has 5 heteroatoms. The number of hydrogen-bond acceptors (Lipinski definition) is 4. The van der Waals surface area contributed by atoms with Gasteiger partial charge in [0.2, 0.25) is 11.8 Å². The first-order chi connectivity index (χ1) is 8.13. The molecule has 2 aromatic rings. The molecule has 0 saturated carbocycles. The van der Waals surface area contributed by atoms with Gasteiger partial charge in [0.05, 0.1) is 6.42 Å². The summed E-state index contributed by atoms with van der Waals surface area (Å²) in [4.78, 5) is 15.6. The van der Waals surface area contributed by atoms with E-state index < -0.39 is 0 Å². The van der Waals surface area contributed by atoms with Crippen LogP contribution in [-0.4, -0.2) is 16.0 Å².